The first-order valence-corrected chi connectivity index (χ1v) is 5.12. The standard InChI is InChI=1S/C10H9ClN2O4/c1-2-8(12(14)15)5-7-3-4-9(11)10(6-7)13(16)17/h3-6H,2H2,1H3. The molecule has 7 heteroatoms. The van der Waals surface area contributed by atoms with E-state index in [1.165, 1.54) is 24.3 Å². The summed E-state index contributed by atoms with van der Waals surface area (Å²) in [4.78, 5) is 20.1. The lowest BCUT2D eigenvalue weighted by molar-refractivity contribution is -0.425. The monoisotopic (exact) mass is 256 g/mol. The third-order valence-electron chi connectivity index (χ3n) is 2.10. The first kappa shape index (κ1) is 13.1. The van der Waals surface area contributed by atoms with Crippen LogP contribution in [0.15, 0.2) is 23.9 Å². The van der Waals surface area contributed by atoms with E-state index >= 15 is 0 Å². The van der Waals surface area contributed by atoms with Crippen LogP contribution in [-0.2, 0) is 0 Å². The second-order valence-corrected chi connectivity index (χ2v) is 3.62. The van der Waals surface area contributed by atoms with Gasteiger partial charge in [0.1, 0.15) is 5.02 Å². The van der Waals surface area contributed by atoms with Crippen LogP contribution >= 0.6 is 11.6 Å². The Labute approximate surface area is 102 Å². The zero-order valence-electron chi connectivity index (χ0n) is 8.92. The largest absolute Gasteiger partial charge is 0.288 e. The lowest BCUT2D eigenvalue weighted by Gasteiger charge is -1.98. The van der Waals surface area contributed by atoms with E-state index in [9.17, 15) is 20.2 Å². The molecule has 0 aromatic heterocycles. The van der Waals surface area contributed by atoms with Crippen LogP contribution in [0, 0.1) is 20.2 Å². The Bertz CT molecular complexity index is 499. The van der Waals surface area contributed by atoms with E-state index in [-0.39, 0.29) is 22.8 Å². The Kier molecular flexibility index (Phi) is 4.17. The first-order valence-electron chi connectivity index (χ1n) is 4.74. The van der Waals surface area contributed by atoms with Gasteiger partial charge in [0.2, 0.25) is 5.70 Å². The summed E-state index contributed by atoms with van der Waals surface area (Å²) in [6.07, 6.45) is 1.53. The van der Waals surface area contributed by atoms with Gasteiger partial charge in [0.05, 0.1) is 9.85 Å². The average Bonchev–Trinajstić information content (AvgIpc) is 2.27. The molecule has 0 saturated carbocycles. The summed E-state index contributed by atoms with van der Waals surface area (Å²) in [5, 5.41) is 21.2. The van der Waals surface area contributed by atoms with E-state index in [0.717, 1.165) is 0 Å². The summed E-state index contributed by atoms with van der Waals surface area (Å²) in [7, 11) is 0. The van der Waals surface area contributed by atoms with Crippen molar-refractivity contribution in [1.82, 2.24) is 0 Å². The van der Waals surface area contributed by atoms with Crippen LogP contribution < -0.4 is 0 Å². The van der Waals surface area contributed by atoms with Gasteiger partial charge in [0, 0.05) is 18.6 Å². The van der Waals surface area contributed by atoms with Crippen LogP contribution in [0.3, 0.4) is 0 Å². The lowest BCUT2D eigenvalue weighted by atomic mass is 10.1. The molecule has 90 valence electrons. The molecule has 6 nitrogen and oxygen atoms in total. The van der Waals surface area contributed by atoms with Crippen LogP contribution in [0.5, 0.6) is 0 Å². The van der Waals surface area contributed by atoms with Crippen molar-refractivity contribution in [3.8, 4) is 0 Å². The Morgan fingerprint density at radius 2 is 2.06 bits per heavy atom. The summed E-state index contributed by atoms with van der Waals surface area (Å²) in [5.74, 6) is 0. The van der Waals surface area contributed by atoms with Gasteiger partial charge < -0.3 is 0 Å². The van der Waals surface area contributed by atoms with E-state index in [4.69, 9.17) is 11.6 Å². The maximum Gasteiger partial charge on any atom is 0.288 e. The molecule has 0 N–H and O–H groups in total. The maximum absolute atomic E-state index is 10.6. The number of hydrogen-bond donors (Lipinski definition) is 0. The van der Waals surface area contributed by atoms with E-state index in [1.54, 1.807) is 6.92 Å². The third kappa shape index (κ3) is 3.25. The SMILES string of the molecule is CCC(=Cc1ccc(Cl)c([N+](=O)[O-])c1)[N+](=O)[O-]. The molecule has 0 fully saturated rings. The molecule has 0 aliphatic rings. The Hall–Kier alpha value is -1.95. The molecule has 0 saturated heterocycles. The molecular formula is C10H9ClN2O4. The quantitative estimate of drug-likeness (QED) is 0.611. The van der Waals surface area contributed by atoms with Crippen molar-refractivity contribution in [3.05, 3.63) is 54.7 Å². The van der Waals surface area contributed by atoms with Crippen LogP contribution in [0.4, 0.5) is 5.69 Å². The second-order valence-electron chi connectivity index (χ2n) is 3.21. The highest BCUT2D eigenvalue weighted by atomic mass is 35.5. The van der Waals surface area contributed by atoms with Crippen molar-refractivity contribution in [2.75, 3.05) is 0 Å². The molecule has 0 aliphatic carbocycles. The zero-order chi connectivity index (χ0) is 13.0. The van der Waals surface area contributed by atoms with Crippen molar-refractivity contribution in [3.63, 3.8) is 0 Å². The number of allylic oxidation sites excluding steroid dienone is 1. The van der Waals surface area contributed by atoms with Gasteiger partial charge >= 0.3 is 0 Å². The smallest absolute Gasteiger partial charge is 0.259 e. The Morgan fingerprint density at radius 3 is 2.53 bits per heavy atom. The molecule has 0 spiro atoms. The summed E-state index contributed by atoms with van der Waals surface area (Å²) in [5.41, 5.74) is 0.107. The molecule has 1 rings (SSSR count). The zero-order valence-corrected chi connectivity index (χ0v) is 9.68. The molecule has 1 aromatic rings. The Morgan fingerprint density at radius 1 is 1.41 bits per heavy atom. The predicted molar refractivity (Wildman–Crippen MR) is 63.4 cm³/mol. The minimum atomic E-state index is -0.628. The molecule has 0 amide bonds. The number of nitrogens with zero attached hydrogens (tertiary/aromatic N) is 2. The van der Waals surface area contributed by atoms with Gasteiger partial charge in [-0.3, -0.25) is 20.2 Å². The fraction of sp³-hybridized carbons (Fsp3) is 0.200. The summed E-state index contributed by atoms with van der Waals surface area (Å²) >= 11 is 5.63. The number of benzene rings is 1. The molecule has 0 radical (unpaired) electrons. The van der Waals surface area contributed by atoms with Crippen LogP contribution in [0.25, 0.3) is 6.08 Å². The highest BCUT2D eigenvalue weighted by Crippen LogP contribution is 2.26. The minimum Gasteiger partial charge on any atom is -0.259 e. The van der Waals surface area contributed by atoms with E-state index in [2.05, 4.69) is 0 Å². The van der Waals surface area contributed by atoms with Crippen LogP contribution in [-0.4, -0.2) is 9.85 Å². The highest BCUT2D eigenvalue weighted by molar-refractivity contribution is 6.32. The summed E-state index contributed by atoms with van der Waals surface area (Å²) < 4.78 is 0. The fourth-order valence-electron chi connectivity index (χ4n) is 1.24. The van der Waals surface area contributed by atoms with Crippen molar-refractivity contribution < 1.29 is 9.85 Å². The van der Waals surface area contributed by atoms with Gasteiger partial charge in [-0.05, 0) is 11.6 Å². The molecular weight excluding hydrogens is 248 g/mol. The highest BCUT2D eigenvalue weighted by Gasteiger charge is 2.14. The van der Waals surface area contributed by atoms with Crippen molar-refractivity contribution in [1.29, 1.82) is 0 Å². The number of rotatable bonds is 4. The molecule has 0 aliphatic heterocycles. The Balaban J connectivity index is 3.20. The maximum atomic E-state index is 10.6. The van der Waals surface area contributed by atoms with Crippen molar-refractivity contribution in [2.45, 2.75) is 13.3 Å². The molecule has 0 heterocycles. The van der Waals surface area contributed by atoms with Crippen LogP contribution in [0.2, 0.25) is 5.02 Å². The van der Waals surface area contributed by atoms with Gasteiger partial charge in [-0.1, -0.05) is 24.6 Å². The predicted octanol–water partition coefficient (Wildman–Crippen LogP) is 3.28. The van der Waals surface area contributed by atoms with Gasteiger partial charge in [-0.15, -0.1) is 0 Å². The molecule has 0 bridgehead atoms. The van der Waals surface area contributed by atoms with Gasteiger partial charge in [-0.25, -0.2) is 0 Å². The molecule has 17 heavy (non-hydrogen) atoms. The van der Waals surface area contributed by atoms with E-state index in [0.29, 0.717) is 5.56 Å². The van der Waals surface area contributed by atoms with Crippen molar-refractivity contribution in [2.24, 2.45) is 0 Å². The van der Waals surface area contributed by atoms with Crippen molar-refractivity contribution >= 4 is 23.4 Å². The second kappa shape index (κ2) is 5.40. The van der Waals surface area contributed by atoms with Gasteiger partial charge in [0.15, 0.2) is 0 Å². The minimum absolute atomic E-state index is 0.00583. The normalized spacial score (nSPS) is 11.3. The summed E-state index contributed by atoms with van der Waals surface area (Å²) in [6.45, 7) is 1.64. The molecule has 0 unspecified atom stereocenters. The number of halogens is 1. The average molecular weight is 257 g/mol. The van der Waals surface area contributed by atoms with Crippen LogP contribution in [0.1, 0.15) is 18.9 Å². The van der Waals surface area contributed by atoms with Gasteiger partial charge in [0.25, 0.3) is 5.69 Å². The topological polar surface area (TPSA) is 86.3 Å². The lowest BCUT2D eigenvalue weighted by Crippen LogP contribution is -1.97. The number of hydrogen-bond acceptors (Lipinski definition) is 4. The summed E-state index contributed by atoms with van der Waals surface area (Å²) in [6, 6.07) is 4.05. The third-order valence-corrected chi connectivity index (χ3v) is 2.42. The molecule has 0 atom stereocenters. The fourth-order valence-corrected chi connectivity index (χ4v) is 1.42. The molecule has 1 aromatic carbocycles. The van der Waals surface area contributed by atoms with Gasteiger partial charge in [-0.2, -0.15) is 0 Å². The van der Waals surface area contributed by atoms with E-state index in [1.807, 2.05) is 0 Å². The number of nitro benzene ring substituents is 1. The number of nitro groups is 2. The van der Waals surface area contributed by atoms with E-state index < -0.39 is 9.85 Å². The first-order chi connectivity index (χ1) is 7.95.